The third kappa shape index (κ3) is 4.93. The van der Waals surface area contributed by atoms with Crippen LogP contribution >= 0.6 is 0 Å². The largest absolute Gasteiger partial charge is 0.192 e. The first-order valence-corrected chi connectivity index (χ1v) is 3.39. The van der Waals surface area contributed by atoms with Gasteiger partial charge in [0.2, 0.25) is 0 Å². The molecular formula is C9H10N2. The average molecular weight is 146 g/mol. The Morgan fingerprint density at radius 2 is 1.82 bits per heavy atom. The van der Waals surface area contributed by atoms with E-state index in [4.69, 9.17) is 10.5 Å². The quantitative estimate of drug-likeness (QED) is 0.442. The highest BCUT2D eigenvalue weighted by Gasteiger charge is 1.86. The molecule has 56 valence electrons. The van der Waals surface area contributed by atoms with E-state index in [1.54, 1.807) is 18.2 Å². The lowest BCUT2D eigenvalue weighted by atomic mass is 10.2. The molecule has 0 unspecified atom stereocenters. The average Bonchev–Trinajstić information content (AvgIpc) is 1.98. The molecule has 0 saturated carbocycles. The van der Waals surface area contributed by atoms with Gasteiger partial charge in [0.25, 0.3) is 0 Å². The van der Waals surface area contributed by atoms with Crippen molar-refractivity contribution in [3.8, 4) is 12.1 Å². The monoisotopic (exact) mass is 146 g/mol. The number of hydrogen-bond acceptors (Lipinski definition) is 2. The van der Waals surface area contributed by atoms with Crippen LogP contribution < -0.4 is 0 Å². The van der Waals surface area contributed by atoms with Gasteiger partial charge >= 0.3 is 0 Å². The summed E-state index contributed by atoms with van der Waals surface area (Å²) >= 11 is 0. The minimum Gasteiger partial charge on any atom is -0.192 e. The zero-order valence-electron chi connectivity index (χ0n) is 6.70. The van der Waals surface area contributed by atoms with Crippen molar-refractivity contribution in [2.45, 2.75) is 13.8 Å². The summed E-state index contributed by atoms with van der Waals surface area (Å²) in [6.07, 6.45) is 5.17. The molecule has 0 aliphatic heterocycles. The number of nitriles is 2. The smallest absolute Gasteiger partial charge is 0.129 e. The number of hydrogen-bond donors (Lipinski definition) is 0. The number of nitrogens with zero attached hydrogens (tertiary/aromatic N) is 2. The molecule has 0 rings (SSSR count). The first-order chi connectivity index (χ1) is 5.20. The van der Waals surface area contributed by atoms with Gasteiger partial charge in [-0.3, -0.25) is 0 Å². The van der Waals surface area contributed by atoms with Gasteiger partial charge in [-0.05, 0) is 12.0 Å². The van der Waals surface area contributed by atoms with Crippen molar-refractivity contribution in [2.75, 3.05) is 0 Å². The Kier molecular flexibility index (Phi) is 4.52. The van der Waals surface area contributed by atoms with Crippen molar-refractivity contribution in [1.82, 2.24) is 0 Å². The van der Waals surface area contributed by atoms with E-state index in [0.29, 0.717) is 5.92 Å². The van der Waals surface area contributed by atoms with Gasteiger partial charge in [0.1, 0.15) is 17.7 Å². The molecule has 0 atom stereocenters. The Hall–Kier alpha value is -1.54. The summed E-state index contributed by atoms with van der Waals surface area (Å²) < 4.78 is 0. The molecule has 0 N–H and O–H groups in total. The summed E-state index contributed by atoms with van der Waals surface area (Å²) in [7, 11) is 0. The minimum absolute atomic E-state index is 0.141. The summed E-state index contributed by atoms with van der Waals surface area (Å²) in [6.45, 7) is 4.06. The molecule has 0 heterocycles. The molecular weight excluding hydrogens is 136 g/mol. The van der Waals surface area contributed by atoms with E-state index in [2.05, 4.69) is 0 Å². The van der Waals surface area contributed by atoms with Crippen LogP contribution in [0.1, 0.15) is 13.8 Å². The van der Waals surface area contributed by atoms with E-state index in [1.807, 2.05) is 19.9 Å². The van der Waals surface area contributed by atoms with Gasteiger partial charge in [0.15, 0.2) is 0 Å². The van der Waals surface area contributed by atoms with Crippen LogP contribution in [0.4, 0.5) is 0 Å². The molecule has 11 heavy (non-hydrogen) atoms. The van der Waals surface area contributed by atoms with E-state index in [9.17, 15) is 0 Å². The highest BCUT2D eigenvalue weighted by atomic mass is 14.3. The Balaban J connectivity index is 4.15. The van der Waals surface area contributed by atoms with Crippen molar-refractivity contribution in [3.63, 3.8) is 0 Å². The van der Waals surface area contributed by atoms with Crippen LogP contribution in [0, 0.1) is 28.6 Å². The lowest BCUT2D eigenvalue weighted by Crippen LogP contribution is -1.75. The molecule has 2 nitrogen and oxygen atoms in total. The second kappa shape index (κ2) is 5.26. The van der Waals surface area contributed by atoms with Crippen LogP contribution in [-0.4, -0.2) is 0 Å². The van der Waals surface area contributed by atoms with Gasteiger partial charge in [-0.25, -0.2) is 0 Å². The molecule has 0 bridgehead atoms. The van der Waals surface area contributed by atoms with Crippen molar-refractivity contribution in [2.24, 2.45) is 5.92 Å². The van der Waals surface area contributed by atoms with Crippen LogP contribution in [0.5, 0.6) is 0 Å². The Labute approximate surface area is 67.1 Å². The predicted molar refractivity (Wildman–Crippen MR) is 43.3 cm³/mol. The molecule has 0 saturated heterocycles. The first-order valence-electron chi connectivity index (χ1n) is 3.39. The number of allylic oxidation sites excluding steroid dienone is 4. The highest BCUT2D eigenvalue weighted by Crippen LogP contribution is 1.95. The third-order valence-electron chi connectivity index (χ3n) is 1.000. The second-order valence-electron chi connectivity index (χ2n) is 2.43. The van der Waals surface area contributed by atoms with Crippen LogP contribution in [0.25, 0.3) is 0 Å². The van der Waals surface area contributed by atoms with Crippen molar-refractivity contribution in [1.29, 1.82) is 10.5 Å². The summed E-state index contributed by atoms with van der Waals surface area (Å²) in [5, 5.41) is 16.6. The molecule has 0 fully saturated rings. The zero-order valence-corrected chi connectivity index (χ0v) is 6.70. The summed E-state index contributed by atoms with van der Waals surface area (Å²) in [5.41, 5.74) is 0.141. The van der Waals surface area contributed by atoms with Crippen LogP contribution in [0.2, 0.25) is 0 Å². The van der Waals surface area contributed by atoms with Gasteiger partial charge in [-0.1, -0.05) is 26.0 Å². The lowest BCUT2D eigenvalue weighted by molar-refractivity contribution is 0.832. The maximum atomic E-state index is 8.32. The molecule has 0 amide bonds. The third-order valence-corrected chi connectivity index (χ3v) is 1.000. The first kappa shape index (κ1) is 9.46. The maximum absolute atomic E-state index is 8.32. The van der Waals surface area contributed by atoms with Gasteiger partial charge in [-0.2, -0.15) is 10.5 Å². The zero-order chi connectivity index (χ0) is 8.69. The van der Waals surface area contributed by atoms with Gasteiger partial charge in [0, 0.05) is 0 Å². The molecule has 0 radical (unpaired) electrons. The summed E-state index contributed by atoms with van der Waals surface area (Å²) in [5.74, 6) is 0.449. The van der Waals surface area contributed by atoms with Crippen molar-refractivity contribution >= 4 is 0 Å². The van der Waals surface area contributed by atoms with Gasteiger partial charge in [-0.15, -0.1) is 0 Å². The second-order valence-corrected chi connectivity index (χ2v) is 2.43. The highest BCUT2D eigenvalue weighted by molar-refractivity contribution is 5.37. The molecule has 0 spiro atoms. The fraction of sp³-hybridized carbons (Fsp3) is 0.333. The predicted octanol–water partition coefficient (Wildman–Crippen LogP) is 2.17. The fourth-order valence-corrected chi connectivity index (χ4v) is 0.474. The van der Waals surface area contributed by atoms with Gasteiger partial charge in [0.05, 0.1) is 0 Å². The van der Waals surface area contributed by atoms with Gasteiger partial charge < -0.3 is 0 Å². The molecule has 0 aromatic rings. The van der Waals surface area contributed by atoms with E-state index in [1.165, 1.54) is 6.08 Å². The van der Waals surface area contributed by atoms with E-state index in [0.717, 1.165) is 0 Å². The molecule has 2 heteroatoms. The SMILES string of the molecule is CC(C)/C=C/C=C(C#N)C#N. The van der Waals surface area contributed by atoms with Crippen LogP contribution in [0.15, 0.2) is 23.8 Å². The molecule has 0 aromatic heterocycles. The lowest BCUT2D eigenvalue weighted by Gasteiger charge is -1.88. The Bertz CT molecular complexity index is 230. The van der Waals surface area contributed by atoms with Crippen LogP contribution in [-0.2, 0) is 0 Å². The Morgan fingerprint density at radius 3 is 2.18 bits per heavy atom. The van der Waals surface area contributed by atoms with E-state index in [-0.39, 0.29) is 5.57 Å². The van der Waals surface area contributed by atoms with Crippen molar-refractivity contribution in [3.05, 3.63) is 23.8 Å². The summed E-state index contributed by atoms with van der Waals surface area (Å²) in [4.78, 5) is 0. The Morgan fingerprint density at radius 1 is 1.27 bits per heavy atom. The minimum atomic E-state index is 0.141. The fourth-order valence-electron chi connectivity index (χ4n) is 0.474. The van der Waals surface area contributed by atoms with Crippen LogP contribution in [0.3, 0.4) is 0 Å². The molecule has 0 aromatic carbocycles. The molecule has 0 aliphatic carbocycles. The normalized spacial score (nSPS) is 9.18. The van der Waals surface area contributed by atoms with E-state index < -0.39 is 0 Å². The van der Waals surface area contributed by atoms with Crippen molar-refractivity contribution < 1.29 is 0 Å². The topological polar surface area (TPSA) is 47.6 Å². The molecule has 0 aliphatic rings. The number of rotatable bonds is 2. The summed E-state index contributed by atoms with van der Waals surface area (Å²) in [6, 6.07) is 3.55. The maximum Gasteiger partial charge on any atom is 0.129 e. The van der Waals surface area contributed by atoms with E-state index >= 15 is 0 Å². The standard InChI is InChI=1S/C9H10N2/c1-8(2)4-3-5-9(6-10)7-11/h3-5,8H,1-2H3/b4-3+.